The molecule has 3 rings (SSSR count). The van der Waals surface area contributed by atoms with Crippen LogP contribution >= 0.6 is 0 Å². The maximum absolute atomic E-state index is 12.5. The first-order valence-corrected chi connectivity index (χ1v) is 8.93. The van der Waals surface area contributed by atoms with Crippen LogP contribution in [0, 0.1) is 0 Å². The Morgan fingerprint density at radius 2 is 1.88 bits per heavy atom. The Labute approximate surface area is 147 Å². The van der Waals surface area contributed by atoms with E-state index >= 15 is 0 Å². The van der Waals surface area contributed by atoms with Gasteiger partial charge in [0.05, 0.1) is 5.52 Å². The van der Waals surface area contributed by atoms with Crippen LogP contribution in [0.25, 0.3) is 10.9 Å². The molecule has 0 aliphatic carbocycles. The number of hydrogen-bond acceptors (Lipinski definition) is 4. The van der Waals surface area contributed by atoms with Crippen molar-refractivity contribution in [3.8, 4) is 0 Å². The summed E-state index contributed by atoms with van der Waals surface area (Å²) in [6, 6.07) is 5.74. The lowest BCUT2D eigenvalue weighted by Gasteiger charge is -2.35. The second kappa shape index (κ2) is 7.27. The lowest BCUT2D eigenvalue weighted by atomic mass is 10.1. The topological polar surface area (TPSA) is 65.8 Å². The largest absolute Gasteiger partial charge is 0.477 e. The van der Waals surface area contributed by atoms with Crippen molar-refractivity contribution in [1.29, 1.82) is 0 Å². The number of piperazine rings is 1. The molecule has 0 saturated carbocycles. The highest BCUT2D eigenvalue weighted by atomic mass is 16.4. The summed E-state index contributed by atoms with van der Waals surface area (Å²) in [5.74, 6) is -1.17. The lowest BCUT2D eigenvalue weighted by Crippen LogP contribution is -2.46. The summed E-state index contributed by atoms with van der Waals surface area (Å²) < 4.78 is 1.89. The number of hydrogen-bond donors (Lipinski definition) is 1. The molecule has 1 saturated heterocycles. The van der Waals surface area contributed by atoms with Gasteiger partial charge in [-0.2, -0.15) is 0 Å². The molecule has 134 valence electrons. The molecule has 0 atom stereocenters. The van der Waals surface area contributed by atoms with Crippen molar-refractivity contribution in [2.24, 2.45) is 0 Å². The summed E-state index contributed by atoms with van der Waals surface area (Å²) in [5, 5.41) is 9.77. The average Bonchev–Trinajstić information content (AvgIpc) is 2.63. The maximum Gasteiger partial charge on any atom is 0.341 e. The van der Waals surface area contributed by atoms with Crippen LogP contribution < -0.4 is 10.3 Å². The number of benzene rings is 1. The van der Waals surface area contributed by atoms with Gasteiger partial charge < -0.3 is 19.5 Å². The molecular formula is C19H25N3O3. The van der Waals surface area contributed by atoms with Gasteiger partial charge >= 0.3 is 5.97 Å². The quantitative estimate of drug-likeness (QED) is 0.902. The molecule has 1 N–H and O–H groups in total. The number of pyridine rings is 1. The molecule has 0 radical (unpaired) electrons. The Morgan fingerprint density at radius 1 is 1.16 bits per heavy atom. The third-order valence-corrected chi connectivity index (χ3v) is 4.94. The molecule has 2 heterocycles. The molecule has 1 fully saturated rings. The Balaban J connectivity index is 2.04. The van der Waals surface area contributed by atoms with E-state index in [2.05, 4.69) is 16.7 Å². The van der Waals surface area contributed by atoms with Crippen LogP contribution in [0.4, 0.5) is 5.69 Å². The zero-order valence-corrected chi connectivity index (χ0v) is 14.9. The number of likely N-dealkylation sites (N-methyl/N-ethyl adjacent to an activating group) is 1. The van der Waals surface area contributed by atoms with Crippen molar-refractivity contribution >= 4 is 22.6 Å². The number of aromatic carboxylic acids is 1. The molecular weight excluding hydrogens is 318 g/mol. The average molecular weight is 343 g/mol. The fourth-order valence-electron chi connectivity index (χ4n) is 3.48. The van der Waals surface area contributed by atoms with E-state index in [0.29, 0.717) is 11.9 Å². The van der Waals surface area contributed by atoms with Crippen molar-refractivity contribution in [1.82, 2.24) is 9.47 Å². The van der Waals surface area contributed by atoms with Crippen LogP contribution in [0.15, 0.2) is 29.2 Å². The van der Waals surface area contributed by atoms with Crippen molar-refractivity contribution < 1.29 is 9.90 Å². The summed E-state index contributed by atoms with van der Waals surface area (Å²) in [7, 11) is 0. The minimum Gasteiger partial charge on any atom is -0.477 e. The van der Waals surface area contributed by atoms with Gasteiger partial charge in [-0.1, -0.05) is 13.8 Å². The number of carboxylic acid groups (broad SMARTS) is 1. The first-order chi connectivity index (χ1) is 12.0. The van der Waals surface area contributed by atoms with Gasteiger partial charge in [0, 0.05) is 50.0 Å². The van der Waals surface area contributed by atoms with Crippen molar-refractivity contribution in [3.63, 3.8) is 0 Å². The Bertz CT molecular complexity index is 836. The van der Waals surface area contributed by atoms with Crippen molar-refractivity contribution in [3.05, 3.63) is 40.2 Å². The summed E-state index contributed by atoms with van der Waals surface area (Å²) in [5.41, 5.74) is 1.34. The summed E-state index contributed by atoms with van der Waals surface area (Å²) in [6.45, 7) is 9.97. The van der Waals surface area contributed by atoms with Crippen molar-refractivity contribution in [2.45, 2.75) is 26.8 Å². The van der Waals surface area contributed by atoms with Crippen LogP contribution in [0.3, 0.4) is 0 Å². The van der Waals surface area contributed by atoms with E-state index in [9.17, 15) is 14.7 Å². The second-order valence-corrected chi connectivity index (χ2v) is 6.49. The van der Waals surface area contributed by atoms with Crippen LogP contribution in [0.5, 0.6) is 0 Å². The van der Waals surface area contributed by atoms with E-state index in [1.165, 1.54) is 6.20 Å². The van der Waals surface area contributed by atoms with Gasteiger partial charge in [0.2, 0.25) is 5.43 Å². The molecule has 0 amide bonds. The highest BCUT2D eigenvalue weighted by Gasteiger charge is 2.18. The van der Waals surface area contributed by atoms with Crippen LogP contribution in [-0.4, -0.2) is 53.3 Å². The number of anilines is 1. The van der Waals surface area contributed by atoms with Gasteiger partial charge in [0.25, 0.3) is 0 Å². The molecule has 0 bridgehead atoms. The molecule has 0 unspecified atom stereocenters. The Morgan fingerprint density at radius 3 is 2.48 bits per heavy atom. The summed E-state index contributed by atoms with van der Waals surface area (Å²) in [6.07, 6.45) is 2.35. The van der Waals surface area contributed by atoms with Crippen LogP contribution in [-0.2, 0) is 6.54 Å². The third-order valence-electron chi connectivity index (χ3n) is 4.94. The Hall–Kier alpha value is -2.34. The van der Waals surface area contributed by atoms with Crippen LogP contribution in [0.2, 0.25) is 0 Å². The van der Waals surface area contributed by atoms with Gasteiger partial charge in [-0.05, 0) is 31.2 Å². The normalized spacial score (nSPS) is 15.7. The molecule has 0 spiro atoms. The van der Waals surface area contributed by atoms with Gasteiger partial charge in [0.15, 0.2) is 0 Å². The number of fused-ring (bicyclic) bond motifs is 1. The number of carbonyl (C=O) groups is 1. The minimum atomic E-state index is -1.17. The Kier molecular flexibility index (Phi) is 5.08. The SMILES string of the molecule is CCCn1cc(C(=O)O)c(=O)c2ccc(N3CCN(CC)CC3)cc21. The van der Waals surface area contributed by atoms with E-state index in [0.717, 1.165) is 50.3 Å². The molecule has 6 nitrogen and oxygen atoms in total. The molecule has 6 heteroatoms. The van der Waals surface area contributed by atoms with Gasteiger partial charge in [0.1, 0.15) is 5.56 Å². The fraction of sp³-hybridized carbons (Fsp3) is 0.474. The first kappa shape index (κ1) is 17.5. The zero-order chi connectivity index (χ0) is 18.0. The van der Waals surface area contributed by atoms with Crippen molar-refractivity contribution in [2.75, 3.05) is 37.6 Å². The molecule has 1 aromatic carbocycles. The number of aryl methyl sites for hydroxylation is 1. The number of nitrogens with zero attached hydrogens (tertiary/aromatic N) is 3. The molecule has 1 aliphatic rings. The number of rotatable bonds is 5. The van der Waals surface area contributed by atoms with E-state index in [1.807, 2.05) is 23.6 Å². The third kappa shape index (κ3) is 3.39. The van der Waals surface area contributed by atoms with Gasteiger partial charge in [-0.15, -0.1) is 0 Å². The predicted molar refractivity (Wildman–Crippen MR) is 99.8 cm³/mol. The van der Waals surface area contributed by atoms with Crippen LogP contribution in [0.1, 0.15) is 30.6 Å². The maximum atomic E-state index is 12.5. The second-order valence-electron chi connectivity index (χ2n) is 6.49. The van der Waals surface area contributed by atoms with E-state index in [1.54, 1.807) is 6.07 Å². The van der Waals surface area contributed by atoms with E-state index in [-0.39, 0.29) is 5.56 Å². The highest BCUT2D eigenvalue weighted by molar-refractivity contribution is 5.93. The molecule has 1 aromatic heterocycles. The monoisotopic (exact) mass is 343 g/mol. The van der Waals surface area contributed by atoms with Gasteiger partial charge in [-0.3, -0.25) is 4.79 Å². The first-order valence-electron chi connectivity index (χ1n) is 8.93. The summed E-state index contributed by atoms with van der Waals surface area (Å²) >= 11 is 0. The number of aromatic nitrogens is 1. The molecule has 1 aliphatic heterocycles. The minimum absolute atomic E-state index is 0.162. The van der Waals surface area contributed by atoms with E-state index < -0.39 is 11.4 Å². The lowest BCUT2D eigenvalue weighted by molar-refractivity contribution is 0.0695. The molecule has 2 aromatic rings. The van der Waals surface area contributed by atoms with E-state index in [4.69, 9.17) is 0 Å². The predicted octanol–water partition coefficient (Wildman–Crippen LogP) is 2.25. The number of carboxylic acids is 1. The molecule has 25 heavy (non-hydrogen) atoms. The fourth-order valence-corrected chi connectivity index (χ4v) is 3.48. The van der Waals surface area contributed by atoms with Gasteiger partial charge in [-0.25, -0.2) is 4.79 Å². The highest BCUT2D eigenvalue weighted by Crippen LogP contribution is 2.22. The zero-order valence-electron chi connectivity index (χ0n) is 14.9. The standard InChI is InChI=1S/C19H25N3O3/c1-3-7-22-13-16(19(24)25)18(23)15-6-5-14(12-17(15)22)21-10-8-20(4-2)9-11-21/h5-6,12-13H,3-4,7-11H2,1-2H3,(H,24,25). The summed E-state index contributed by atoms with van der Waals surface area (Å²) in [4.78, 5) is 28.6. The smallest absolute Gasteiger partial charge is 0.341 e.